The summed E-state index contributed by atoms with van der Waals surface area (Å²) in [6.45, 7) is 6.13. The van der Waals surface area contributed by atoms with E-state index in [0.29, 0.717) is 10.7 Å². The highest BCUT2D eigenvalue weighted by molar-refractivity contribution is 9.09. The van der Waals surface area contributed by atoms with Crippen molar-refractivity contribution in [1.29, 1.82) is 0 Å². The maximum atomic E-state index is 9.26. The van der Waals surface area contributed by atoms with Crippen molar-refractivity contribution >= 4 is 15.9 Å². The Morgan fingerprint density at radius 3 is 2.00 bits per heavy atom. The predicted octanol–water partition coefficient (Wildman–Crippen LogP) is 1.79. The maximum absolute atomic E-state index is 9.26. The topological polar surface area (TPSA) is 20.2 Å². The van der Waals surface area contributed by atoms with Gasteiger partial charge in [-0.15, -0.1) is 0 Å². The smallest absolute Gasteiger partial charge is 0.0579 e. The average molecular weight is 193 g/mol. The summed E-state index contributed by atoms with van der Waals surface area (Å²) in [6, 6.07) is 0. The van der Waals surface area contributed by atoms with Gasteiger partial charge in [-0.1, -0.05) is 29.8 Å². The fourth-order valence-electron chi connectivity index (χ4n) is 1.30. The van der Waals surface area contributed by atoms with Gasteiger partial charge in [-0.3, -0.25) is 0 Å². The summed E-state index contributed by atoms with van der Waals surface area (Å²) in [5, 5.41) is 9.26. The molecule has 0 spiro atoms. The lowest BCUT2D eigenvalue weighted by atomic mass is 10.0. The molecule has 0 bridgehead atoms. The Morgan fingerprint density at radius 2 is 2.00 bits per heavy atom. The zero-order valence-electron chi connectivity index (χ0n) is 6.06. The molecule has 1 nitrogen and oxygen atoms in total. The van der Waals surface area contributed by atoms with Gasteiger partial charge < -0.3 is 5.11 Å². The van der Waals surface area contributed by atoms with E-state index >= 15 is 0 Å². The van der Waals surface area contributed by atoms with E-state index in [-0.39, 0.29) is 11.5 Å². The van der Waals surface area contributed by atoms with Crippen LogP contribution in [0.2, 0.25) is 0 Å². The van der Waals surface area contributed by atoms with Crippen molar-refractivity contribution in [3.05, 3.63) is 0 Å². The van der Waals surface area contributed by atoms with Crippen LogP contribution < -0.4 is 0 Å². The van der Waals surface area contributed by atoms with Crippen molar-refractivity contribution in [2.75, 3.05) is 0 Å². The number of alkyl halides is 1. The second kappa shape index (κ2) is 1.96. The molecule has 54 valence electrons. The van der Waals surface area contributed by atoms with E-state index < -0.39 is 0 Å². The van der Waals surface area contributed by atoms with Gasteiger partial charge in [0.05, 0.1) is 6.10 Å². The van der Waals surface area contributed by atoms with Crippen LogP contribution in [0, 0.1) is 11.3 Å². The molecule has 0 heterocycles. The predicted molar refractivity (Wildman–Crippen MR) is 41.7 cm³/mol. The van der Waals surface area contributed by atoms with Crippen LogP contribution >= 0.6 is 15.9 Å². The molecule has 0 aliphatic heterocycles. The van der Waals surface area contributed by atoms with E-state index in [2.05, 4.69) is 29.8 Å². The quantitative estimate of drug-likeness (QED) is 0.629. The van der Waals surface area contributed by atoms with Crippen LogP contribution in [0.15, 0.2) is 0 Å². The number of aliphatic hydroxyl groups excluding tert-OH is 1. The van der Waals surface area contributed by atoms with Crippen LogP contribution in [0.1, 0.15) is 20.8 Å². The SMILES string of the molecule is CC(O)[C@@]1(C)[C@H](Br)[C@@H]1C. The molecule has 9 heavy (non-hydrogen) atoms. The lowest BCUT2D eigenvalue weighted by molar-refractivity contribution is 0.114. The largest absolute Gasteiger partial charge is 0.393 e. The van der Waals surface area contributed by atoms with Crippen molar-refractivity contribution in [3.8, 4) is 0 Å². The minimum absolute atomic E-state index is 0.139. The Hall–Kier alpha value is 0.440. The van der Waals surface area contributed by atoms with Crippen molar-refractivity contribution in [2.24, 2.45) is 11.3 Å². The lowest BCUT2D eigenvalue weighted by Crippen LogP contribution is -2.17. The molecular weight excluding hydrogens is 180 g/mol. The van der Waals surface area contributed by atoms with Crippen LogP contribution in [0.4, 0.5) is 0 Å². The molecule has 1 fully saturated rings. The summed E-state index contributed by atoms with van der Waals surface area (Å²) >= 11 is 3.51. The van der Waals surface area contributed by atoms with E-state index in [1.165, 1.54) is 0 Å². The molecule has 0 aromatic rings. The summed E-state index contributed by atoms with van der Waals surface area (Å²) in [7, 11) is 0. The van der Waals surface area contributed by atoms with Crippen LogP contribution in [0.25, 0.3) is 0 Å². The molecule has 1 unspecified atom stereocenters. The van der Waals surface area contributed by atoms with Crippen molar-refractivity contribution in [1.82, 2.24) is 0 Å². The minimum atomic E-state index is -0.183. The Morgan fingerprint density at radius 1 is 1.67 bits per heavy atom. The first kappa shape index (κ1) is 7.55. The molecule has 0 amide bonds. The highest BCUT2D eigenvalue weighted by atomic mass is 79.9. The molecular formula is C7H13BrO. The number of hydrogen-bond donors (Lipinski definition) is 1. The van der Waals surface area contributed by atoms with Crippen LogP contribution in [0.5, 0.6) is 0 Å². The lowest BCUT2D eigenvalue weighted by Gasteiger charge is -2.12. The third-order valence-corrected chi connectivity index (χ3v) is 4.58. The standard InChI is InChI=1S/C7H13BrO/c1-4-6(8)7(4,3)5(2)9/h4-6,9H,1-3H3/t4-,5?,6+,7-/m0/s1. The highest BCUT2D eigenvalue weighted by Gasteiger charge is 2.59. The molecule has 0 radical (unpaired) electrons. The van der Waals surface area contributed by atoms with Gasteiger partial charge in [0.15, 0.2) is 0 Å². The number of halogens is 1. The Kier molecular flexibility index (Phi) is 1.64. The first-order valence-electron chi connectivity index (χ1n) is 3.33. The number of rotatable bonds is 1. The molecule has 1 saturated carbocycles. The molecule has 1 N–H and O–H groups in total. The second-order valence-corrected chi connectivity index (χ2v) is 4.22. The van der Waals surface area contributed by atoms with E-state index in [1.807, 2.05) is 6.92 Å². The van der Waals surface area contributed by atoms with Crippen LogP contribution in [-0.4, -0.2) is 16.0 Å². The minimum Gasteiger partial charge on any atom is -0.393 e. The van der Waals surface area contributed by atoms with Crippen LogP contribution in [0.3, 0.4) is 0 Å². The normalized spacial score (nSPS) is 53.0. The summed E-state index contributed by atoms with van der Waals surface area (Å²) in [4.78, 5) is 0.519. The van der Waals surface area contributed by atoms with Gasteiger partial charge in [-0.2, -0.15) is 0 Å². The van der Waals surface area contributed by atoms with Crippen molar-refractivity contribution in [3.63, 3.8) is 0 Å². The summed E-state index contributed by atoms with van der Waals surface area (Å²) in [5.74, 6) is 0.623. The van der Waals surface area contributed by atoms with Gasteiger partial charge in [0.1, 0.15) is 0 Å². The first-order chi connectivity index (χ1) is 4.01. The van der Waals surface area contributed by atoms with Gasteiger partial charge in [-0.25, -0.2) is 0 Å². The molecule has 1 aliphatic carbocycles. The summed E-state index contributed by atoms with van der Waals surface area (Å²) in [5.41, 5.74) is 0.139. The fourth-order valence-corrected chi connectivity index (χ4v) is 2.52. The van der Waals surface area contributed by atoms with E-state index in [4.69, 9.17) is 0 Å². The molecule has 1 rings (SSSR count). The third kappa shape index (κ3) is 0.838. The van der Waals surface area contributed by atoms with Crippen molar-refractivity contribution < 1.29 is 5.11 Å². The van der Waals surface area contributed by atoms with Gasteiger partial charge in [-0.05, 0) is 12.8 Å². The number of aliphatic hydroxyl groups is 1. The summed E-state index contributed by atoms with van der Waals surface area (Å²) in [6.07, 6.45) is -0.183. The van der Waals surface area contributed by atoms with Crippen LogP contribution in [-0.2, 0) is 0 Å². The van der Waals surface area contributed by atoms with Gasteiger partial charge in [0.25, 0.3) is 0 Å². The molecule has 1 aliphatic rings. The fraction of sp³-hybridized carbons (Fsp3) is 1.00. The molecule has 0 aromatic heterocycles. The zero-order chi connectivity index (χ0) is 7.23. The Balaban J connectivity index is 2.60. The molecule has 0 saturated heterocycles. The van der Waals surface area contributed by atoms with E-state index in [1.54, 1.807) is 0 Å². The van der Waals surface area contributed by atoms with Crippen molar-refractivity contribution in [2.45, 2.75) is 31.7 Å². The van der Waals surface area contributed by atoms with E-state index in [9.17, 15) is 5.11 Å². The van der Waals surface area contributed by atoms with Gasteiger partial charge in [0, 0.05) is 10.2 Å². The van der Waals surface area contributed by atoms with E-state index in [0.717, 1.165) is 0 Å². The van der Waals surface area contributed by atoms with Gasteiger partial charge >= 0.3 is 0 Å². The molecule has 2 heteroatoms. The molecule has 0 aromatic carbocycles. The highest BCUT2D eigenvalue weighted by Crippen LogP contribution is 2.59. The Bertz CT molecular complexity index is 105. The monoisotopic (exact) mass is 192 g/mol. The first-order valence-corrected chi connectivity index (χ1v) is 4.25. The summed E-state index contributed by atoms with van der Waals surface area (Å²) < 4.78 is 0. The number of hydrogen-bond acceptors (Lipinski definition) is 1. The maximum Gasteiger partial charge on any atom is 0.0579 e. The Labute approximate surface area is 64.6 Å². The third-order valence-electron chi connectivity index (χ3n) is 2.81. The van der Waals surface area contributed by atoms with Gasteiger partial charge in [0.2, 0.25) is 0 Å². The second-order valence-electron chi connectivity index (χ2n) is 3.23. The molecule has 4 atom stereocenters. The average Bonchev–Trinajstić information content (AvgIpc) is 2.22. The zero-order valence-corrected chi connectivity index (χ0v) is 7.64.